The molecule has 38 heavy (non-hydrogen) atoms. The van der Waals surface area contributed by atoms with Crippen LogP contribution in [0.3, 0.4) is 0 Å². The van der Waals surface area contributed by atoms with Crippen LogP contribution in [0.25, 0.3) is 17.3 Å². The number of carbonyl (C=O) groups excluding carboxylic acids is 1. The Labute approximate surface area is 221 Å². The van der Waals surface area contributed by atoms with Crippen molar-refractivity contribution in [1.29, 1.82) is 0 Å². The number of nitrogens with one attached hydrogen (secondary N) is 1. The molecule has 0 aliphatic heterocycles. The summed E-state index contributed by atoms with van der Waals surface area (Å²) in [6.45, 7) is 5.95. The molecule has 5 nitrogen and oxygen atoms in total. The number of halogens is 2. The molecule has 7 heteroatoms. The van der Waals surface area contributed by atoms with Gasteiger partial charge in [-0.15, -0.1) is 0 Å². The summed E-state index contributed by atoms with van der Waals surface area (Å²) in [7, 11) is 0. The van der Waals surface area contributed by atoms with Crippen LogP contribution in [0.15, 0.2) is 84.7 Å². The second kappa shape index (κ2) is 11.3. The van der Waals surface area contributed by atoms with Crippen molar-refractivity contribution in [1.82, 2.24) is 9.97 Å². The maximum absolute atomic E-state index is 14.8. The highest BCUT2D eigenvalue weighted by atomic mass is 19.1. The number of Topliss-reactive ketones (excluding diaryl/α,β-unsaturated/α-hetero) is 1. The molecule has 4 rings (SSSR count). The van der Waals surface area contributed by atoms with Crippen LogP contribution in [0.4, 0.5) is 20.3 Å². The fourth-order valence-electron chi connectivity index (χ4n) is 3.94. The summed E-state index contributed by atoms with van der Waals surface area (Å²) in [6.07, 6.45) is 3.80. The Morgan fingerprint density at radius 2 is 1.68 bits per heavy atom. The molecule has 0 fully saturated rings. The zero-order valence-electron chi connectivity index (χ0n) is 21.6. The van der Waals surface area contributed by atoms with Gasteiger partial charge in [-0.25, -0.2) is 18.7 Å². The first-order valence-electron chi connectivity index (χ1n) is 12.3. The number of hydrogen-bond acceptors (Lipinski definition) is 5. The van der Waals surface area contributed by atoms with Gasteiger partial charge in [0, 0.05) is 18.4 Å². The van der Waals surface area contributed by atoms with Crippen molar-refractivity contribution >= 4 is 23.4 Å². The van der Waals surface area contributed by atoms with Crippen LogP contribution in [0.5, 0.6) is 0 Å². The highest BCUT2D eigenvalue weighted by Crippen LogP contribution is 2.28. The van der Waals surface area contributed by atoms with Crippen LogP contribution in [-0.2, 0) is 11.2 Å². The standard InChI is InChI=1S/C31H30F2N4O/c1-31(2,3)18-28(38)25(16-21-12-14-22(32)15-13-21)37-30-26(17-20-8-5-4-6-9-20)36-27(19-35-30)23-10-7-11-24(34)29(23)33/h4-16,19H,17-18,34H2,1-3H3,(H,35,37)/b25-16-. The van der Waals surface area contributed by atoms with Crippen molar-refractivity contribution in [3.8, 4) is 11.3 Å². The van der Waals surface area contributed by atoms with Crippen LogP contribution in [0, 0.1) is 17.0 Å². The first-order valence-corrected chi connectivity index (χ1v) is 12.3. The van der Waals surface area contributed by atoms with Gasteiger partial charge >= 0.3 is 0 Å². The van der Waals surface area contributed by atoms with Crippen LogP contribution in [-0.4, -0.2) is 15.8 Å². The largest absolute Gasteiger partial charge is 0.396 e. The van der Waals surface area contributed by atoms with Gasteiger partial charge in [0.15, 0.2) is 17.4 Å². The summed E-state index contributed by atoms with van der Waals surface area (Å²) in [5.74, 6) is -0.679. The van der Waals surface area contributed by atoms with Crippen molar-refractivity contribution in [3.05, 3.63) is 113 Å². The summed E-state index contributed by atoms with van der Waals surface area (Å²) in [4.78, 5) is 22.7. The van der Waals surface area contributed by atoms with Crippen LogP contribution >= 0.6 is 0 Å². The molecule has 3 aromatic carbocycles. The normalized spacial score (nSPS) is 11.9. The summed E-state index contributed by atoms with van der Waals surface area (Å²) in [5.41, 5.74) is 8.58. The summed E-state index contributed by atoms with van der Waals surface area (Å²) < 4.78 is 28.3. The van der Waals surface area contributed by atoms with E-state index in [2.05, 4.69) is 10.3 Å². The molecule has 0 saturated carbocycles. The molecular weight excluding hydrogens is 482 g/mol. The van der Waals surface area contributed by atoms with Crippen molar-refractivity contribution in [2.24, 2.45) is 5.41 Å². The minimum atomic E-state index is -0.564. The highest BCUT2D eigenvalue weighted by molar-refractivity contribution is 6.02. The maximum atomic E-state index is 14.8. The number of anilines is 2. The first-order chi connectivity index (χ1) is 18.1. The molecule has 3 N–H and O–H groups in total. The van der Waals surface area contributed by atoms with E-state index in [9.17, 15) is 13.6 Å². The van der Waals surface area contributed by atoms with Gasteiger partial charge in [0.05, 0.1) is 29.0 Å². The third-order valence-electron chi connectivity index (χ3n) is 5.79. The van der Waals surface area contributed by atoms with Crippen LogP contribution < -0.4 is 11.1 Å². The zero-order chi connectivity index (χ0) is 27.3. The third-order valence-corrected chi connectivity index (χ3v) is 5.79. The second-order valence-corrected chi connectivity index (χ2v) is 10.3. The van der Waals surface area contributed by atoms with Crippen molar-refractivity contribution in [2.75, 3.05) is 11.1 Å². The van der Waals surface area contributed by atoms with Crippen molar-refractivity contribution in [2.45, 2.75) is 33.6 Å². The monoisotopic (exact) mass is 512 g/mol. The van der Waals surface area contributed by atoms with E-state index in [1.54, 1.807) is 30.3 Å². The van der Waals surface area contributed by atoms with E-state index in [0.717, 1.165) is 5.56 Å². The molecule has 0 bridgehead atoms. The Morgan fingerprint density at radius 1 is 0.974 bits per heavy atom. The average Bonchev–Trinajstić information content (AvgIpc) is 2.87. The fourth-order valence-corrected chi connectivity index (χ4v) is 3.94. The number of benzene rings is 3. The zero-order valence-corrected chi connectivity index (χ0v) is 21.6. The van der Waals surface area contributed by atoms with Gasteiger partial charge in [0.2, 0.25) is 0 Å². The van der Waals surface area contributed by atoms with Crippen molar-refractivity contribution in [3.63, 3.8) is 0 Å². The molecule has 1 heterocycles. The summed E-state index contributed by atoms with van der Waals surface area (Å²) >= 11 is 0. The Kier molecular flexibility index (Phi) is 7.96. The maximum Gasteiger partial charge on any atom is 0.179 e. The highest BCUT2D eigenvalue weighted by Gasteiger charge is 2.22. The van der Waals surface area contributed by atoms with Gasteiger partial charge in [0.1, 0.15) is 5.82 Å². The predicted molar refractivity (Wildman–Crippen MR) is 148 cm³/mol. The molecule has 194 valence electrons. The third kappa shape index (κ3) is 6.88. The van der Waals surface area contributed by atoms with E-state index < -0.39 is 5.82 Å². The van der Waals surface area contributed by atoms with E-state index in [1.165, 1.54) is 24.4 Å². The number of hydrogen-bond donors (Lipinski definition) is 2. The minimum absolute atomic E-state index is 0.0217. The smallest absolute Gasteiger partial charge is 0.179 e. The lowest BCUT2D eigenvalue weighted by atomic mass is 9.89. The van der Waals surface area contributed by atoms with E-state index in [4.69, 9.17) is 10.7 Å². The number of carbonyl (C=O) groups is 1. The van der Waals surface area contributed by atoms with Crippen LogP contribution in [0.2, 0.25) is 0 Å². The lowest BCUT2D eigenvalue weighted by Crippen LogP contribution is -2.20. The Bertz CT molecular complexity index is 1460. The number of nitrogens with two attached hydrogens (primary N) is 1. The van der Waals surface area contributed by atoms with Gasteiger partial charge in [-0.2, -0.15) is 0 Å². The lowest BCUT2D eigenvalue weighted by Gasteiger charge is -2.20. The lowest BCUT2D eigenvalue weighted by molar-refractivity contribution is -0.116. The van der Waals surface area contributed by atoms with Crippen LogP contribution in [0.1, 0.15) is 44.0 Å². The summed E-state index contributed by atoms with van der Waals surface area (Å²) in [6, 6.07) is 20.3. The molecule has 0 unspecified atom stereocenters. The molecule has 1 aromatic heterocycles. The SMILES string of the molecule is CC(C)(C)CC(=O)/C(=C/c1ccc(F)cc1)Nc1ncc(-c2cccc(N)c2F)nc1Cc1ccccc1. The number of rotatable bonds is 8. The van der Waals surface area contributed by atoms with E-state index in [1.807, 2.05) is 51.1 Å². The Morgan fingerprint density at radius 3 is 2.37 bits per heavy atom. The molecule has 0 spiro atoms. The molecule has 0 radical (unpaired) electrons. The number of nitrogens with zero attached hydrogens (tertiary/aromatic N) is 2. The molecule has 0 aliphatic carbocycles. The number of aromatic nitrogens is 2. The van der Waals surface area contributed by atoms with Gasteiger partial charge in [-0.3, -0.25) is 4.79 Å². The Hall–Kier alpha value is -4.39. The minimum Gasteiger partial charge on any atom is -0.396 e. The fraction of sp³-hybridized carbons (Fsp3) is 0.194. The molecule has 0 saturated heterocycles. The molecule has 0 atom stereocenters. The second-order valence-electron chi connectivity index (χ2n) is 10.3. The van der Waals surface area contributed by atoms with Gasteiger partial charge in [-0.05, 0) is 46.9 Å². The predicted octanol–water partition coefficient (Wildman–Crippen LogP) is 7.05. The molecule has 4 aromatic rings. The average molecular weight is 513 g/mol. The van der Waals surface area contributed by atoms with Gasteiger partial charge in [-0.1, -0.05) is 69.3 Å². The number of ketones is 1. The molecule has 0 aliphatic rings. The quantitative estimate of drug-likeness (QED) is 0.195. The van der Waals surface area contributed by atoms with Gasteiger partial charge < -0.3 is 11.1 Å². The first kappa shape index (κ1) is 26.7. The number of nitrogen functional groups attached to an aromatic ring is 1. The number of allylic oxidation sites excluding steroid dienone is 1. The molecular formula is C31H30F2N4O. The van der Waals surface area contributed by atoms with E-state index in [0.29, 0.717) is 34.9 Å². The molecule has 0 amide bonds. The van der Waals surface area contributed by atoms with Gasteiger partial charge in [0.25, 0.3) is 0 Å². The Balaban J connectivity index is 1.79. The summed E-state index contributed by atoms with van der Waals surface area (Å²) in [5, 5.41) is 3.18. The van der Waals surface area contributed by atoms with E-state index in [-0.39, 0.29) is 34.7 Å². The van der Waals surface area contributed by atoms with Crippen molar-refractivity contribution < 1.29 is 13.6 Å². The van der Waals surface area contributed by atoms with E-state index >= 15 is 0 Å². The topological polar surface area (TPSA) is 80.9 Å².